The van der Waals surface area contributed by atoms with Crippen molar-refractivity contribution >= 4 is 26.6 Å². The summed E-state index contributed by atoms with van der Waals surface area (Å²) in [7, 11) is -3.19. The molecule has 3 rings (SSSR count). The number of hydrogen-bond donors (Lipinski definition) is 1. The number of nitrogens with zero attached hydrogens (tertiary/aromatic N) is 3. The predicted octanol–water partition coefficient (Wildman–Crippen LogP) is -0.00140. The highest BCUT2D eigenvalue weighted by Crippen LogP contribution is 2.08. The number of amides is 1. The lowest BCUT2D eigenvalue weighted by Gasteiger charge is -2.10. The molecule has 1 aliphatic rings. The molecule has 1 aliphatic heterocycles. The Balaban J connectivity index is 1.55. The fourth-order valence-corrected chi connectivity index (χ4v) is 3.74. The molecule has 126 valence electrons. The highest BCUT2D eigenvalue weighted by Gasteiger charge is 2.22. The second kappa shape index (κ2) is 6.52. The van der Waals surface area contributed by atoms with Crippen LogP contribution in [0.1, 0.15) is 12.8 Å². The molecule has 0 unspecified atom stereocenters. The smallest absolute Gasteiger partial charge is 0.277 e. The van der Waals surface area contributed by atoms with Crippen molar-refractivity contribution in [1.29, 1.82) is 0 Å². The molecule has 1 amide bonds. The Morgan fingerprint density at radius 1 is 1.33 bits per heavy atom. The molecule has 8 nitrogen and oxygen atoms in total. The summed E-state index contributed by atoms with van der Waals surface area (Å²) < 4.78 is 23.8. The molecule has 1 aromatic carbocycles. The summed E-state index contributed by atoms with van der Waals surface area (Å²) in [6.07, 6.45) is 2.04. The van der Waals surface area contributed by atoms with Crippen molar-refractivity contribution in [3.63, 3.8) is 0 Å². The molecule has 0 spiro atoms. The van der Waals surface area contributed by atoms with Crippen molar-refractivity contribution in [2.45, 2.75) is 25.4 Å². The lowest BCUT2D eigenvalue weighted by atomic mass is 10.2. The van der Waals surface area contributed by atoms with E-state index in [-0.39, 0.29) is 30.2 Å². The summed E-state index contributed by atoms with van der Waals surface area (Å²) in [6.45, 7) is 0.267. The lowest BCUT2D eigenvalue weighted by molar-refractivity contribution is -0.121. The molecule has 0 bridgehead atoms. The molecule has 2 aromatic rings. The molecule has 0 fully saturated rings. The van der Waals surface area contributed by atoms with Gasteiger partial charge in [0.1, 0.15) is 5.52 Å². The van der Waals surface area contributed by atoms with Crippen LogP contribution in [0.3, 0.4) is 0 Å². The average Bonchev–Trinajstić information content (AvgIpc) is 2.88. The Hall–Kier alpha value is -2.55. The quantitative estimate of drug-likeness (QED) is 0.814. The molecule has 0 radical (unpaired) electrons. The molecular weight excluding hydrogens is 332 g/mol. The van der Waals surface area contributed by atoms with E-state index in [0.717, 1.165) is 5.41 Å². The van der Waals surface area contributed by atoms with E-state index in [0.29, 0.717) is 17.3 Å². The molecular formula is C15H16N4O4S. The number of fused-ring (bicyclic) bond motifs is 1. The summed E-state index contributed by atoms with van der Waals surface area (Å²) in [5.41, 5.74) is 0.288. The van der Waals surface area contributed by atoms with Crippen molar-refractivity contribution in [3.05, 3.63) is 46.1 Å². The molecule has 2 heterocycles. The Labute approximate surface area is 138 Å². The summed E-state index contributed by atoms with van der Waals surface area (Å²) in [5.74, 6) is -0.363. The lowest BCUT2D eigenvalue weighted by Crippen LogP contribution is -2.35. The van der Waals surface area contributed by atoms with Crippen LogP contribution >= 0.6 is 0 Å². The fraction of sp³-hybridized carbons (Fsp3) is 0.333. The predicted molar refractivity (Wildman–Crippen MR) is 87.9 cm³/mol. The Bertz CT molecular complexity index is 965. The maximum atomic E-state index is 12.2. The summed E-state index contributed by atoms with van der Waals surface area (Å²) >= 11 is 0. The monoisotopic (exact) mass is 348 g/mol. The van der Waals surface area contributed by atoms with Crippen molar-refractivity contribution in [2.75, 3.05) is 5.75 Å². The van der Waals surface area contributed by atoms with Crippen molar-refractivity contribution in [2.24, 2.45) is 0 Å². The van der Waals surface area contributed by atoms with E-state index >= 15 is 0 Å². The number of benzene rings is 1. The van der Waals surface area contributed by atoms with Gasteiger partial charge in [-0.3, -0.25) is 9.59 Å². The molecule has 0 saturated heterocycles. The maximum Gasteiger partial charge on any atom is 0.277 e. The van der Waals surface area contributed by atoms with Gasteiger partial charge in [-0.05, 0) is 24.6 Å². The van der Waals surface area contributed by atoms with Gasteiger partial charge < -0.3 is 5.32 Å². The van der Waals surface area contributed by atoms with E-state index < -0.39 is 15.9 Å². The van der Waals surface area contributed by atoms with Gasteiger partial charge in [-0.2, -0.15) is 0 Å². The summed E-state index contributed by atoms with van der Waals surface area (Å²) in [6, 6.07) is 6.45. The molecule has 1 aromatic heterocycles. The van der Waals surface area contributed by atoms with Crippen LogP contribution in [-0.2, 0) is 21.2 Å². The number of nitrogens with one attached hydrogen (secondary N) is 1. The Morgan fingerprint density at radius 2 is 2.12 bits per heavy atom. The fourth-order valence-electron chi connectivity index (χ4n) is 2.50. The van der Waals surface area contributed by atoms with Crippen LogP contribution in [0.15, 0.2) is 40.5 Å². The van der Waals surface area contributed by atoms with Gasteiger partial charge in [0.2, 0.25) is 5.91 Å². The third kappa shape index (κ3) is 3.67. The zero-order valence-electron chi connectivity index (χ0n) is 12.8. The van der Waals surface area contributed by atoms with Gasteiger partial charge in [-0.15, -0.1) is 5.10 Å². The van der Waals surface area contributed by atoms with Crippen molar-refractivity contribution in [3.8, 4) is 0 Å². The average molecular weight is 348 g/mol. The molecule has 0 saturated carbocycles. The van der Waals surface area contributed by atoms with Crippen LogP contribution in [0.2, 0.25) is 0 Å². The van der Waals surface area contributed by atoms with E-state index in [1.165, 1.54) is 10.8 Å². The SMILES string of the molecule is O=C(CCCn1nnc2ccccc2c1=O)N[C@H]1C=CS(=O)(=O)C1. The highest BCUT2D eigenvalue weighted by atomic mass is 32.2. The molecule has 24 heavy (non-hydrogen) atoms. The van der Waals surface area contributed by atoms with Crippen LogP contribution in [0, 0.1) is 0 Å². The van der Waals surface area contributed by atoms with Gasteiger partial charge in [0.25, 0.3) is 5.56 Å². The Morgan fingerprint density at radius 3 is 2.88 bits per heavy atom. The van der Waals surface area contributed by atoms with Crippen LogP contribution < -0.4 is 10.9 Å². The second-order valence-electron chi connectivity index (χ2n) is 5.57. The van der Waals surface area contributed by atoms with E-state index in [1.807, 2.05) is 0 Å². The first kappa shape index (κ1) is 16.3. The molecule has 1 atom stereocenters. The molecule has 1 N–H and O–H groups in total. The summed E-state index contributed by atoms with van der Waals surface area (Å²) in [5, 5.41) is 12.1. The van der Waals surface area contributed by atoms with E-state index in [1.54, 1.807) is 24.3 Å². The third-order valence-electron chi connectivity index (χ3n) is 3.68. The zero-order valence-corrected chi connectivity index (χ0v) is 13.6. The minimum absolute atomic E-state index is 0.103. The molecule has 0 aliphatic carbocycles. The van der Waals surface area contributed by atoms with Gasteiger partial charge in [0.15, 0.2) is 9.84 Å². The molecule has 9 heteroatoms. The summed E-state index contributed by atoms with van der Waals surface area (Å²) in [4.78, 5) is 24.1. The first-order valence-corrected chi connectivity index (χ1v) is 9.19. The van der Waals surface area contributed by atoms with Crippen molar-refractivity contribution in [1.82, 2.24) is 20.3 Å². The van der Waals surface area contributed by atoms with E-state index in [9.17, 15) is 18.0 Å². The van der Waals surface area contributed by atoms with Gasteiger partial charge in [-0.25, -0.2) is 13.1 Å². The maximum absolute atomic E-state index is 12.2. The van der Waals surface area contributed by atoms with Gasteiger partial charge in [-0.1, -0.05) is 17.3 Å². The van der Waals surface area contributed by atoms with E-state index in [2.05, 4.69) is 15.6 Å². The van der Waals surface area contributed by atoms with Gasteiger partial charge >= 0.3 is 0 Å². The zero-order chi connectivity index (χ0) is 17.2. The number of aryl methyl sites for hydroxylation is 1. The minimum Gasteiger partial charge on any atom is -0.349 e. The van der Waals surface area contributed by atoms with Gasteiger partial charge in [0.05, 0.1) is 17.2 Å². The third-order valence-corrected chi connectivity index (χ3v) is 5.08. The topological polar surface area (TPSA) is 111 Å². The number of carbonyl (C=O) groups excluding carboxylic acids is 1. The van der Waals surface area contributed by atoms with Crippen LogP contribution in [0.25, 0.3) is 10.9 Å². The Kier molecular flexibility index (Phi) is 4.43. The number of aromatic nitrogens is 3. The minimum atomic E-state index is -3.19. The standard InChI is InChI=1S/C15H16N4O4S/c20-14(16-11-7-9-24(22,23)10-11)6-3-8-19-15(21)12-4-1-2-5-13(12)17-18-19/h1-2,4-5,7,9,11H,3,6,8,10H2,(H,16,20)/t11-/m0/s1. The van der Waals surface area contributed by atoms with E-state index in [4.69, 9.17) is 0 Å². The number of carbonyl (C=O) groups is 1. The number of hydrogen-bond acceptors (Lipinski definition) is 6. The highest BCUT2D eigenvalue weighted by molar-refractivity contribution is 7.94. The largest absolute Gasteiger partial charge is 0.349 e. The second-order valence-corrected chi connectivity index (χ2v) is 7.50. The van der Waals surface area contributed by atoms with Gasteiger partial charge in [0, 0.05) is 18.4 Å². The number of rotatable bonds is 5. The van der Waals surface area contributed by atoms with Crippen molar-refractivity contribution < 1.29 is 13.2 Å². The first-order chi connectivity index (χ1) is 11.4. The normalized spacial score (nSPS) is 18.8. The number of sulfone groups is 1. The van der Waals surface area contributed by atoms with Crippen LogP contribution in [0.4, 0.5) is 0 Å². The van der Waals surface area contributed by atoms with Crippen LogP contribution in [-0.4, -0.2) is 41.1 Å². The first-order valence-electron chi connectivity index (χ1n) is 7.47. The van der Waals surface area contributed by atoms with Crippen LogP contribution in [0.5, 0.6) is 0 Å².